The Hall–Kier alpha value is -1.10. The van der Waals surface area contributed by atoms with Gasteiger partial charge in [0.15, 0.2) is 0 Å². The summed E-state index contributed by atoms with van der Waals surface area (Å²) in [6.07, 6.45) is 4.50. The van der Waals surface area contributed by atoms with Crippen molar-refractivity contribution in [2.24, 2.45) is 11.7 Å². The second-order valence-electron chi connectivity index (χ2n) is 4.71. The largest absolute Gasteiger partial charge is 0.480 e. The minimum absolute atomic E-state index is 0.0820. The summed E-state index contributed by atoms with van der Waals surface area (Å²) in [4.78, 5) is 24.4. The molecule has 98 valence electrons. The zero-order valence-corrected chi connectivity index (χ0v) is 10.4. The lowest BCUT2D eigenvalue weighted by Crippen LogP contribution is -2.47. The van der Waals surface area contributed by atoms with Crippen LogP contribution in [0.25, 0.3) is 0 Å². The number of amides is 1. The fourth-order valence-electron chi connectivity index (χ4n) is 2.40. The fraction of sp³-hybridized carbons (Fsp3) is 0.833. The maximum atomic E-state index is 12.2. The molecule has 0 saturated heterocycles. The van der Waals surface area contributed by atoms with Crippen molar-refractivity contribution in [3.8, 4) is 0 Å². The number of carbonyl (C=O) groups excluding carboxylic acids is 1. The summed E-state index contributed by atoms with van der Waals surface area (Å²) in [6, 6.07) is -0.107. The molecule has 2 atom stereocenters. The Bertz CT molecular complexity index is 281. The Morgan fingerprint density at radius 1 is 1.35 bits per heavy atom. The topological polar surface area (TPSA) is 83.6 Å². The molecule has 1 saturated carbocycles. The summed E-state index contributed by atoms with van der Waals surface area (Å²) in [7, 11) is 0. The van der Waals surface area contributed by atoms with Crippen LogP contribution in [0.15, 0.2) is 0 Å². The first-order chi connectivity index (χ1) is 8.06. The van der Waals surface area contributed by atoms with Gasteiger partial charge in [0.1, 0.15) is 6.54 Å². The summed E-state index contributed by atoms with van der Waals surface area (Å²) < 4.78 is 0. The third-order valence-electron chi connectivity index (χ3n) is 3.27. The smallest absolute Gasteiger partial charge is 0.323 e. The van der Waals surface area contributed by atoms with Gasteiger partial charge in [-0.25, -0.2) is 0 Å². The molecule has 0 heterocycles. The van der Waals surface area contributed by atoms with Gasteiger partial charge in [-0.3, -0.25) is 9.59 Å². The van der Waals surface area contributed by atoms with Crippen molar-refractivity contribution < 1.29 is 14.7 Å². The van der Waals surface area contributed by atoms with E-state index in [2.05, 4.69) is 0 Å². The van der Waals surface area contributed by atoms with E-state index in [0.717, 1.165) is 32.1 Å². The highest BCUT2D eigenvalue weighted by atomic mass is 16.4. The molecule has 0 aliphatic heterocycles. The normalized spacial score (nSPS) is 24.4. The monoisotopic (exact) mass is 242 g/mol. The summed E-state index contributed by atoms with van der Waals surface area (Å²) in [6.45, 7) is 2.22. The van der Waals surface area contributed by atoms with Crippen LogP contribution in [0.2, 0.25) is 0 Å². The Kier molecular flexibility index (Phi) is 5.41. The first-order valence-electron chi connectivity index (χ1n) is 6.32. The average molecular weight is 242 g/mol. The first-order valence-corrected chi connectivity index (χ1v) is 6.32. The molecular weight excluding hydrogens is 220 g/mol. The van der Waals surface area contributed by atoms with Crippen LogP contribution in [0, 0.1) is 5.92 Å². The third-order valence-corrected chi connectivity index (χ3v) is 3.27. The van der Waals surface area contributed by atoms with Crippen molar-refractivity contribution in [1.29, 1.82) is 0 Å². The van der Waals surface area contributed by atoms with E-state index in [1.807, 2.05) is 6.92 Å². The minimum Gasteiger partial charge on any atom is -0.480 e. The molecule has 3 N–H and O–H groups in total. The number of carboxylic acid groups (broad SMARTS) is 1. The van der Waals surface area contributed by atoms with E-state index < -0.39 is 5.97 Å². The lowest BCUT2D eigenvalue weighted by molar-refractivity contribution is -0.147. The Morgan fingerprint density at radius 2 is 2.00 bits per heavy atom. The highest BCUT2D eigenvalue weighted by Crippen LogP contribution is 2.24. The van der Waals surface area contributed by atoms with Crippen molar-refractivity contribution in [2.45, 2.75) is 45.1 Å². The van der Waals surface area contributed by atoms with Crippen molar-refractivity contribution in [1.82, 2.24) is 4.90 Å². The number of carbonyl (C=O) groups is 2. The van der Waals surface area contributed by atoms with Gasteiger partial charge < -0.3 is 15.7 Å². The van der Waals surface area contributed by atoms with Gasteiger partial charge in [0.25, 0.3) is 0 Å². The molecular formula is C12H22N2O3. The van der Waals surface area contributed by atoms with E-state index in [4.69, 9.17) is 10.8 Å². The van der Waals surface area contributed by atoms with E-state index >= 15 is 0 Å². The van der Waals surface area contributed by atoms with E-state index in [1.54, 1.807) is 0 Å². The summed E-state index contributed by atoms with van der Waals surface area (Å²) >= 11 is 0. The van der Waals surface area contributed by atoms with E-state index in [0.29, 0.717) is 6.54 Å². The van der Waals surface area contributed by atoms with Crippen LogP contribution in [0.1, 0.15) is 39.0 Å². The number of carboxylic acids is 1. The molecule has 0 aromatic carbocycles. The van der Waals surface area contributed by atoms with Crippen LogP contribution in [-0.2, 0) is 9.59 Å². The van der Waals surface area contributed by atoms with Gasteiger partial charge in [-0.1, -0.05) is 19.8 Å². The minimum atomic E-state index is -0.962. The van der Waals surface area contributed by atoms with Gasteiger partial charge >= 0.3 is 5.97 Å². The Labute approximate surface area is 102 Å². The maximum Gasteiger partial charge on any atom is 0.323 e. The van der Waals surface area contributed by atoms with Crippen LogP contribution < -0.4 is 5.73 Å². The van der Waals surface area contributed by atoms with Crippen LogP contribution in [0.4, 0.5) is 0 Å². The average Bonchev–Trinajstić information content (AvgIpc) is 2.28. The molecule has 5 heteroatoms. The molecule has 1 aliphatic rings. The number of hydrogen-bond acceptors (Lipinski definition) is 3. The molecule has 2 unspecified atom stereocenters. The number of aliphatic carboxylic acids is 1. The van der Waals surface area contributed by atoms with Crippen LogP contribution in [-0.4, -0.2) is 41.0 Å². The predicted molar refractivity (Wildman–Crippen MR) is 64.4 cm³/mol. The molecule has 1 rings (SSSR count). The number of nitrogens with zero attached hydrogens (tertiary/aromatic N) is 1. The number of nitrogens with two attached hydrogens (primary N) is 1. The van der Waals surface area contributed by atoms with E-state index in [-0.39, 0.29) is 24.4 Å². The van der Waals surface area contributed by atoms with Crippen LogP contribution >= 0.6 is 0 Å². The van der Waals surface area contributed by atoms with Crippen LogP contribution in [0.5, 0.6) is 0 Å². The SMILES string of the molecule is CCCN(CC(=O)O)C(=O)C1CCCCC1N. The Balaban J connectivity index is 2.64. The van der Waals surface area contributed by atoms with Crippen molar-refractivity contribution in [3.05, 3.63) is 0 Å². The molecule has 0 aromatic rings. The van der Waals surface area contributed by atoms with Gasteiger partial charge in [0.05, 0.1) is 5.92 Å². The maximum absolute atomic E-state index is 12.2. The fourth-order valence-corrected chi connectivity index (χ4v) is 2.40. The zero-order valence-electron chi connectivity index (χ0n) is 10.4. The molecule has 5 nitrogen and oxygen atoms in total. The quantitative estimate of drug-likeness (QED) is 0.748. The van der Waals surface area contributed by atoms with Gasteiger partial charge in [-0.15, -0.1) is 0 Å². The number of rotatable bonds is 5. The molecule has 1 fully saturated rings. The van der Waals surface area contributed by atoms with E-state index in [9.17, 15) is 9.59 Å². The predicted octanol–water partition coefficient (Wildman–Crippen LogP) is 0.827. The lowest BCUT2D eigenvalue weighted by Gasteiger charge is -2.32. The second kappa shape index (κ2) is 6.59. The molecule has 1 aliphatic carbocycles. The van der Waals surface area contributed by atoms with Crippen molar-refractivity contribution in [2.75, 3.05) is 13.1 Å². The number of hydrogen-bond donors (Lipinski definition) is 2. The van der Waals surface area contributed by atoms with Gasteiger partial charge in [-0.2, -0.15) is 0 Å². The van der Waals surface area contributed by atoms with Crippen LogP contribution in [0.3, 0.4) is 0 Å². The van der Waals surface area contributed by atoms with Gasteiger partial charge in [0, 0.05) is 12.6 Å². The third kappa shape index (κ3) is 4.00. The van der Waals surface area contributed by atoms with E-state index in [1.165, 1.54) is 4.90 Å². The van der Waals surface area contributed by atoms with Crippen molar-refractivity contribution in [3.63, 3.8) is 0 Å². The van der Waals surface area contributed by atoms with Crippen molar-refractivity contribution >= 4 is 11.9 Å². The second-order valence-corrected chi connectivity index (χ2v) is 4.71. The summed E-state index contributed by atoms with van der Waals surface area (Å²) in [5.74, 6) is -1.23. The lowest BCUT2D eigenvalue weighted by atomic mass is 9.84. The molecule has 1 amide bonds. The Morgan fingerprint density at radius 3 is 2.53 bits per heavy atom. The highest BCUT2D eigenvalue weighted by Gasteiger charge is 2.31. The zero-order chi connectivity index (χ0) is 12.8. The molecule has 0 aromatic heterocycles. The molecule has 0 spiro atoms. The summed E-state index contributed by atoms with van der Waals surface area (Å²) in [5, 5.41) is 8.80. The molecule has 17 heavy (non-hydrogen) atoms. The van der Waals surface area contributed by atoms with Gasteiger partial charge in [0.2, 0.25) is 5.91 Å². The van der Waals surface area contributed by atoms with Gasteiger partial charge in [-0.05, 0) is 19.3 Å². The standard InChI is InChI=1S/C12H22N2O3/c1-2-7-14(8-11(15)16)12(17)9-5-3-4-6-10(9)13/h9-10H,2-8,13H2,1H3,(H,15,16). The molecule has 0 radical (unpaired) electrons. The summed E-state index contributed by atoms with van der Waals surface area (Å²) in [5.41, 5.74) is 5.95. The molecule has 0 bridgehead atoms. The first kappa shape index (κ1) is 14.0. The highest BCUT2D eigenvalue weighted by molar-refractivity contribution is 5.83.